The first kappa shape index (κ1) is 20.9. The van der Waals surface area contributed by atoms with Gasteiger partial charge in [-0.05, 0) is 37.5 Å². The molecule has 0 saturated heterocycles. The van der Waals surface area contributed by atoms with Gasteiger partial charge in [0.2, 0.25) is 0 Å². The Labute approximate surface area is 160 Å². The number of benzene rings is 2. The van der Waals surface area contributed by atoms with Crippen molar-refractivity contribution in [1.82, 2.24) is 10.6 Å². The fraction of sp³-hybridized carbons (Fsp3) is 0.350. The van der Waals surface area contributed by atoms with Gasteiger partial charge in [-0.25, -0.2) is 12.8 Å². The maximum Gasteiger partial charge on any atom is 0.191 e. The first-order chi connectivity index (χ1) is 13.0. The van der Waals surface area contributed by atoms with Gasteiger partial charge in [0.05, 0.1) is 5.75 Å². The second-order valence-corrected chi connectivity index (χ2v) is 8.10. The van der Waals surface area contributed by atoms with E-state index in [1.807, 2.05) is 25.1 Å². The molecule has 0 spiro atoms. The quantitative estimate of drug-likeness (QED) is 0.392. The van der Waals surface area contributed by atoms with Crippen LogP contribution in [0.15, 0.2) is 64.5 Å². The normalized spacial score (nSPS) is 12.0. The minimum atomic E-state index is -3.68. The van der Waals surface area contributed by atoms with Crippen LogP contribution in [0.5, 0.6) is 0 Å². The maximum atomic E-state index is 13.7. The van der Waals surface area contributed by atoms with Crippen molar-refractivity contribution < 1.29 is 12.8 Å². The van der Waals surface area contributed by atoms with Crippen molar-refractivity contribution in [2.24, 2.45) is 4.99 Å². The van der Waals surface area contributed by atoms with Crippen molar-refractivity contribution in [2.45, 2.75) is 24.7 Å². The van der Waals surface area contributed by atoms with E-state index in [1.54, 1.807) is 0 Å². The van der Waals surface area contributed by atoms with Crippen molar-refractivity contribution in [2.75, 3.05) is 25.4 Å². The van der Waals surface area contributed by atoms with E-state index in [9.17, 15) is 12.8 Å². The Balaban J connectivity index is 1.83. The van der Waals surface area contributed by atoms with E-state index < -0.39 is 15.7 Å². The number of halogens is 1. The Morgan fingerprint density at radius 2 is 1.74 bits per heavy atom. The van der Waals surface area contributed by atoms with Crippen molar-refractivity contribution in [3.63, 3.8) is 0 Å². The minimum absolute atomic E-state index is 0.154. The molecule has 2 aromatic carbocycles. The summed E-state index contributed by atoms with van der Waals surface area (Å²) in [6.45, 7) is 3.40. The largest absolute Gasteiger partial charge is 0.357 e. The van der Waals surface area contributed by atoms with Crippen LogP contribution in [0, 0.1) is 5.82 Å². The number of sulfone groups is 1. The van der Waals surface area contributed by atoms with Gasteiger partial charge in [0, 0.05) is 19.6 Å². The standard InChI is InChI=1S/C20H26FN3O2S/c1-2-22-20(23-14-8-11-17-9-4-3-5-10-17)24-15-16-27(25,26)19-13-7-6-12-18(19)21/h3-7,9-10,12-13H,2,8,11,14-16H2,1H3,(H2,22,23,24). The average molecular weight is 392 g/mol. The molecule has 0 radical (unpaired) electrons. The van der Waals surface area contributed by atoms with Gasteiger partial charge in [-0.1, -0.05) is 42.5 Å². The number of nitrogens with one attached hydrogen (secondary N) is 2. The molecule has 0 heterocycles. The second kappa shape index (κ2) is 10.7. The van der Waals surface area contributed by atoms with Crippen LogP contribution in [0.25, 0.3) is 0 Å². The molecule has 0 atom stereocenters. The zero-order chi connectivity index (χ0) is 19.5. The zero-order valence-corrected chi connectivity index (χ0v) is 16.3. The Morgan fingerprint density at radius 3 is 2.44 bits per heavy atom. The van der Waals surface area contributed by atoms with E-state index >= 15 is 0 Å². The molecule has 0 aliphatic rings. The van der Waals surface area contributed by atoms with Crippen LogP contribution in [0.1, 0.15) is 18.9 Å². The van der Waals surface area contributed by atoms with Gasteiger partial charge >= 0.3 is 0 Å². The summed E-state index contributed by atoms with van der Waals surface area (Å²) in [5.41, 5.74) is 1.27. The summed E-state index contributed by atoms with van der Waals surface area (Å²) in [5, 5.41) is 6.09. The summed E-state index contributed by atoms with van der Waals surface area (Å²) in [7, 11) is -3.68. The van der Waals surface area contributed by atoms with Gasteiger partial charge in [0.25, 0.3) is 0 Å². The molecule has 146 valence electrons. The first-order valence-electron chi connectivity index (χ1n) is 9.06. The predicted octanol–water partition coefficient (Wildman–Crippen LogP) is 2.79. The summed E-state index contributed by atoms with van der Waals surface area (Å²) < 4.78 is 38.2. The van der Waals surface area contributed by atoms with Crippen LogP contribution in [0.4, 0.5) is 4.39 Å². The zero-order valence-electron chi connectivity index (χ0n) is 15.5. The third kappa shape index (κ3) is 7.02. The lowest BCUT2D eigenvalue weighted by molar-refractivity contribution is 0.566. The lowest BCUT2D eigenvalue weighted by atomic mass is 10.1. The van der Waals surface area contributed by atoms with Gasteiger partial charge in [0.1, 0.15) is 10.7 Å². The van der Waals surface area contributed by atoms with Crippen molar-refractivity contribution in [3.05, 3.63) is 66.0 Å². The van der Waals surface area contributed by atoms with E-state index in [1.165, 1.54) is 23.8 Å². The summed E-state index contributed by atoms with van der Waals surface area (Å²) in [6.07, 6.45) is 1.83. The lowest BCUT2D eigenvalue weighted by Crippen LogP contribution is -2.39. The lowest BCUT2D eigenvalue weighted by Gasteiger charge is -2.12. The molecule has 2 N–H and O–H groups in total. The van der Waals surface area contributed by atoms with Crippen LogP contribution < -0.4 is 10.6 Å². The van der Waals surface area contributed by atoms with Crippen molar-refractivity contribution in [1.29, 1.82) is 0 Å². The highest BCUT2D eigenvalue weighted by atomic mass is 32.2. The number of hydrogen-bond acceptors (Lipinski definition) is 3. The summed E-state index contributed by atoms with van der Waals surface area (Å²) >= 11 is 0. The third-order valence-corrected chi connectivity index (χ3v) is 5.66. The van der Waals surface area contributed by atoms with Gasteiger partial charge in [0.15, 0.2) is 15.8 Å². The summed E-state index contributed by atoms with van der Waals surface area (Å²) in [6, 6.07) is 15.6. The molecule has 0 aromatic heterocycles. The van der Waals surface area contributed by atoms with Crippen LogP contribution in [0.3, 0.4) is 0 Å². The highest BCUT2D eigenvalue weighted by Crippen LogP contribution is 2.14. The van der Waals surface area contributed by atoms with E-state index in [4.69, 9.17) is 0 Å². The van der Waals surface area contributed by atoms with E-state index in [0.29, 0.717) is 19.0 Å². The van der Waals surface area contributed by atoms with Crippen LogP contribution in [0.2, 0.25) is 0 Å². The summed E-state index contributed by atoms with van der Waals surface area (Å²) in [5.74, 6) is -0.365. The molecule has 7 heteroatoms. The van der Waals surface area contributed by atoms with Gasteiger partial charge in [-0.15, -0.1) is 0 Å². The number of guanidine groups is 1. The van der Waals surface area contributed by atoms with Gasteiger partial charge in [-0.3, -0.25) is 4.99 Å². The molecule has 27 heavy (non-hydrogen) atoms. The fourth-order valence-corrected chi connectivity index (χ4v) is 3.81. The maximum absolute atomic E-state index is 13.7. The smallest absolute Gasteiger partial charge is 0.191 e. The van der Waals surface area contributed by atoms with Crippen LogP contribution in [-0.2, 0) is 16.3 Å². The van der Waals surface area contributed by atoms with Crippen molar-refractivity contribution >= 4 is 15.8 Å². The number of hydrogen-bond donors (Lipinski definition) is 2. The summed E-state index contributed by atoms with van der Waals surface area (Å²) in [4.78, 5) is 4.20. The molecule has 5 nitrogen and oxygen atoms in total. The number of rotatable bonds is 9. The Morgan fingerprint density at radius 1 is 1.04 bits per heavy atom. The molecule has 2 rings (SSSR count). The number of nitrogens with zero attached hydrogens (tertiary/aromatic N) is 1. The third-order valence-electron chi connectivity index (χ3n) is 3.92. The monoisotopic (exact) mass is 391 g/mol. The molecular weight excluding hydrogens is 365 g/mol. The van der Waals surface area contributed by atoms with Crippen molar-refractivity contribution in [3.8, 4) is 0 Å². The molecule has 0 saturated carbocycles. The molecule has 0 aliphatic heterocycles. The van der Waals surface area contributed by atoms with Gasteiger partial charge in [-0.2, -0.15) is 0 Å². The number of aryl methyl sites for hydroxylation is 1. The van der Waals surface area contributed by atoms with Crippen LogP contribution >= 0.6 is 0 Å². The highest BCUT2D eigenvalue weighted by molar-refractivity contribution is 7.91. The highest BCUT2D eigenvalue weighted by Gasteiger charge is 2.18. The Kier molecular flexibility index (Phi) is 8.26. The number of aliphatic imine (C=N–C) groups is 1. The first-order valence-corrected chi connectivity index (χ1v) is 10.7. The van der Waals surface area contributed by atoms with Crippen LogP contribution in [-0.4, -0.2) is 39.8 Å². The molecule has 0 unspecified atom stereocenters. The molecule has 0 fully saturated rings. The second-order valence-electron chi connectivity index (χ2n) is 6.03. The van der Waals surface area contributed by atoms with E-state index in [-0.39, 0.29) is 17.2 Å². The predicted molar refractivity (Wildman–Crippen MR) is 107 cm³/mol. The van der Waals surface area contributed by atoms with E-state index in [2.05, 4.69) is 27.8 Å². The van der Waals surface area contributed by atoms with Gasteiger partial charge < -0.3 is 10.6 Å². The Bertz CT molecular complexity index is 839. The molecule has 2 aromatic rings. The SMILES string of the molecule is CCNC(=NCCCc1ccccc1)NCCS(=O)(=O)c1ccccc1F. The molecule has 0 bridgehead atoms. The molecule has 0 amide bonds. The topological polar surface area (TPSA) is 70.6 Å². The van der Waals surface area contributed by atoms with E-state index in [0.717, 1.165) is 18.9 Å². The fourth-order valence-electron chi connectivity index (χ4n) is 2.57. The minimum Gasteiger partial charge on any atom is -0.357 e. The Hall–Kier alpha value is -2.41. The molecular formula is C20H26FN3O2S. The average Bonchev–Trinajstić information content (AvgIpc) is 2.66. The molecule has 0 aliphatic carbocycles.